The highest BCUT2D eigenvalue weighted by Gasteiger charge is 2.02. The predicted octanol–water partition coefficient (Wildman–Crippen LogP) is 2.78. The molecule has 0 heterocycles. The minimum absolute atomic E-state index is 1.12. The van der Waals surface area contributed by atoms with Crippen LogP contribution in [0, 0.1) is 0 Å². The van der Waals surface area contributed by atoms with E-state index in [1.807, 2.05) is 7.05 Å². The molecular weight excluding hydrogens is 146 g/mol. The van der Waals surface area contributed by atoms with Gasteiger partial charge in [0.05, 0.1) is 0 Å². The van der Waals surface area contributed by atoms with Crippen molar-refractivity contribution in [2.45, 2.75) is 26.2 Å². The molecule has 0 fully saturated rings. The third-order valence-electron chi connectivity index (χ3n) is 2.03. The molecule has 0 aromatic rings. The van der Waals surface area contributed by atoms with Crippen LogP contribution in [0.15, 0.2) is 35.6 Å². The first-order valence-electron chi connectivity index (χ1n) is 4.62. The lowest BCUT2D eigenvalue weighted by molar-refractivity contribution is 0.903. The molecule has 0 spiro atoms. The van der Waals surface area contributed by atoms with Gasteiger partial charge in [-0.15, -0.1) is 0 Å². The Balaban J connectivity index is 2.74. The van der Waals surface area contributed by atoms with Crippen LogP contribution in [0.25, 0.3) is 0 Å². The summed E-state index contributed by atoms with van der Waals surface area (Å²) in [6, 6.07) is 0. The summed E-state index contributed by atoms with van der Waals surface area (Å²) in [6.07, 6.45) is 12.3. The summed E-state index contributed by atoms with van der Waals surface area (Å²) in [6.45, 7) is 2.16. The number of hydrogen-bond donors (Lipinski definition) is 1. The molecule has 0 saturated heterocycles. The molecule has 0 unspecified atom stereocenters. The van der Waals surface area contributed by atoms with E-state index in [0.29, 0.717) is 0 Å². The molecule has 0 saturated carbocycles. The van der Waals surface area contributed by atoms with E-state index in [2.05, 4.69) is 36.5 Å². The zero-order valence-corrected chi connectivity index (χ0v) is 7.93. The molecule has 0 aromatic heterocycles. The van der Waals surface area contributed by atoms with Crippen LogP contribution in [0.4, 0.5) is 0 Å². The average molecular weight is 163 g/mol. The molecule has 1 aliphatic carbocycles. The van der Waals surface area contributed by atoms with Crippen LogP contribution in [0.1, 0.15) is 26.2 Å². The van der Waals surface area contributed by atoms with Crippen molar-refractivity contribution < 1.29 is 0 Å². The van der Waals surface area contributed by atoms with Gasteiger partial charge >= 0.3 is 0 Å². The molecule has 1 heteroatoms. The zero-order valence-electron chi connectivity index (χ0n) is 7.93. The maximum absolute atomic E-state index is 3.20. The lowest BCUT2D eigenvalue weighted by Gasteiger charge is -2.12. The second kappa shape index (κ2) is 4.81. The lowest BCUT2D eigenvalue weighted by Crippen LogP contribution is -2.08. The highest BCUT2D eigenvalue weighted by Crippen LogP contribution is 2.17. The van der Waals surface area contributed by atoms with Gasteiger partial charge in [0.2, 0.25) is 0 Å². The fourth-order valence-corrected chi connectivity index (χ4v) is 1.36. The summed E-state index contributed by atoms with van der Waals surface area (Å²) < 4.78 is 0. The van der Waals surface area contributed by atoms with Crippen molar-refractivity contribution in [1.82, 2.24) is 5.32 Å². The molecule has 1 rings (SSSR count). The van der Waals surface area contributed by atoms with Crippen LogP contribution < -0.4 is 5.32 Å². The molecule has 1 aliphatic rings. The van der Waals surface area contributed by atoms with E-state index < -0.39 is 0 Å². The van der Waals surface area contributed by atoms with Crippen molar-refractivity contribution in [2.24, 2.45) is 0 Å². The van der Waals surface area contributed by atoms with Crippen molar-refractivity contribution in [3.8, 4) is 0 Å². The first-order chi connectivity index (χ1) is 5.88. The largest absolute Gasteiger partial charge is 0.388 e. The van der Waals surface area contributed by atoms with E-state index in [1.54, 1.807) is 0 Å². The Hall–Kier alpha value is -0.980. The fraction of sp³-hybridized carbons (Fsp3) is 0.455. The monoisotopic (exact) mass is 163 g/mol. The first kappa shape index (κ1) is 9.11. The van der Waals surface area contributed by atoms with E-state index in [9.17, 15) is 0 Å². The second-order valence-corrected chi connectivity index (χ2v) is 2.94. The molecule has 1 N–H and O–H groups in total. The molecule has 0 aliphatic heterocycles. The Morgan fingerprint density at radius 1 is 1.58 bits per heavy atom. The zero-order chi connectivity index (χ0) is 8.81. The molecule has 0 atom stereocenters. The van der Waals surface area contributed by atoms with Gasteiger partial charge in [0, 0.05) is 12.7 Å². The molecule has 0 aromatic carbocycles. The van der Waals surface area contributed by atoms with Crippen LogP contribution in [0.2, 0.25) is 0 Å². The Bertz CT molecular complexity index is 221. The molecular formula is C11H17N. The predicted molar refractivity (Wildman–Crippen MR) is 53.9 cm³/mol. The normalized spacial score (nSPS) is 17.5. The van der Waals surface area contributed by atoms with Crippen LogP contribution in [0.3, 0.4) is 0 Å². The maximum Gasteiger partial charge on any atom is 0.0366 e. The quantitative estimate of drug-likeness (QED) is 0.674. The van der Waals surface area contributed by atoms with Gasteiger partial charge in [-0.1, -0.05) is 25.2 Å². The Labute approximate surface area is 74.9 Å². The summed E-state index contributed by atoms with van der Waals surface area (Å²) in [7, 11) is 1.98. The van der Waals surface area contributed by atoms with Crippen LogP contribution in [-0.4, -0.2) is 7.05 Å². The number of hydrogen-bond acceptors (Lipinski definition) is 1. The van der Waals surface area contributed by atoms with E-state index in [4.69, 9.17) is 0 Å². The van der Waals surface area contributed by atoms with Crippen molar-refractivity contribution in [3.63, 3.8) is 0 Å². The Kier molecular flexibility index (Phi) is 3.65. The number of allylic oxidation sites excluding steroid dienone is 5. The highest BCUT2D eigenvalue weighted by atomic mass is 14.8. The van der Waals surface area contributed by atoms with E-state index in [1.165, 1.54) is 24.1 Å². The second-order valence-electron chi connectivity index (χ2n) is 2.94. The van der Waals surface area contributed by atoms with Crippen LogP contribution in [0.5, 0.6) is 0 Å². The minimum atomic E-state index is 1.12. The van der Waals surface area contributed by atoms with Crippen molar-refractivity contribution in [3.05, 3.63) is 35.6 Å². The van der Waals surface area contributed by atoms with Gasteiger partial charge in [-0.2, -0.15) is 0 Å². The molecule has 66 valence electrons. The van der Waals surface area contributed by atoms with Gasteiger partial charge < -0.3 is 5.32 Å². The molecule has 1 nitrogen and oxygen atoms in total. The van der Waals surface area contributed by atoms with Gasteiger partial charge in [-0.25, -0.2) is 0 Å². The maximum atomic E-state index is 3.20. The van der Waals surface area contributed by atoms with Crippen molar-refractivity contribution >= 4 is 0 Å². The van der Waals surface area contributed by atoms with Gasteiger partial charge in [0.25, 0.3) is 0 Å². The summed E-state index contributed by atoms with van der Waals surface area (Å²) >= 11 is 0. The average Bonchev–Trinajstić information content (AvgIpc) is 2.15. The van der Waals surface area contributed by atoms with Gasteiger partial charge in [0.1, 0.15) is 0 Å². The van der Waals surface area contributed by atoms with Gasteiger partial charge in [-0.05, 0) is 30.9 Å². The van der Waals surface area contributed by atoms with E-state index in [0.717, 1.165) is 6.42 Å². The van der Waals surface area contributed by atoms with Gasteiger partial charge in [0.15, 0.2) is 0 Å². The standard InChI is InChI=1S/C11H17N/c1-3-4-7-10-8-5-6-9-11(10)12-2/h4,6-7,9,12H,3,5,8H2,1-2H3/b7-4-. The molecule has 0 radical (unpaired) electrons. The smallest absolute Gasteiger partial charge is 0.0366 e. The summed E-state index contributed by atoms with van der Waals surface area (Å²) in [4.78, 5) is 0. The molecule has 0 amide bonds. The van der Waals surface area contributed by atoms with Crippen molar-refractivity contribution in [2.75, 3.05) is 7.05 Å². The number of nitrogens with one attached hydrogen (secondary N) is 1. The third-order valence-corrected chi connectivity index (χ3v) is 2.03. The Morgan fingerprint density at radius 3 is 3.08 bits per heavy atom. The number of likely N-dealkylation sites (N-methyl/N-ethyl adjacent to an activating group) is 1. The van der Waals surface area contributed by atoms with Crippen molar-refractivity contribution in [1.29, 1.82) is 0 Å². The van der Waals surface area contributed by atoms with Gasteiger partial charge in [-0.3, -0.25) is 0 Å². The minimum Gasteiger partial charge on any atom is -0.388 e. The van der Waals surface area contributed by atoms with E-state index >= 15 is 0 Å². The lowest BCUT2D eigenvalue weighted by atomic mass is 10.0. The van der Waals surface area contributed by atoms with E-state index in [-0.39, 0.29) is 0 Å². The summed E-state index contributed by atoms with van der Waals surface area (Å²) in [5, 5.41) is 3.20. The SMILES string of the molecule is CC/C=C\C1=C(NC)C=CCC1. The summed E-state index contributed by atoms with van der Waals surface area (Å²) in [5.74, 6) is 0. The molecule has 12 heavy (non-hydrogen) atoms. The molecule has 0 bridgehead atoms. The van der Waals surface area contributed by atoms with Crippen LogP contribution in [-0.2, 0) is 0 Å². The highest BCUT2D eigenvalue weighted by molar-refractivity contribution is 5.34. The van der Waals surface area contributed by atoms with Crippen LogP contribution >= 0.6 is 0 Å². The number of rotatable bonds is 3. The third kappa shape index (κ3) is 2.26. The Morgan fingerprint density at radius 2 is 2.42 bits per heavy atom. The fourth-order valence-electron chi connectivity index (χ4n) is 1.36. The first-order valence-corrected chi connectivity index (χ1v) is 4.62. The summed E-state index contributed by atoms with van der Waals surface area (Å²) in [5.41, 5.74) is 2.70. The topological polar surface area (TPSA) is 12.0 Å².